The van der Waals surface area contributed by atoms with E-state index in [0.29, 0.717) is 30.8 Å². The second-order valence-electron chi connectivity index (χ2n) is 4.44. The zero-order chi connectivity index (χ0) is 14.6. The van der Waals surface area contributed by atoms with Crippen molar-refractivity contribution in [1.29, 1.82) is 0 Å². The van der Waals surface area contributed by atoms with Gasteiger partial charge in [-0.3, -0.25) is 4.68 Å². The fourth-order valence-electron chi connectivity index (χ4n) is 1.85. The molecule has 1 aromatic carbocycles. The van der Waals surface area contributed by atoms with Crippen LogP contribution in [0, 0.1) is 6.92 Å². The molecule has 0 aliphatic heterocycles. The van der Waals surface area contributed by atoms with Crippen LogP contribution >= 0.6 is 0 Å². The number of hydrogen-bond donors (Lipinski definition) is 2. The number of nitrogens with one attached hydrogen (secondary N) is 1. The number of aryl methyl sites for hydroxylation is 2. The summed E-state index contributed by atoms with van der Waals surface area (Å²) in [7, 11) is -3.50. The molecule has 7 nitrogen and oxygen atoms in total. The molecule has 1 aromatic heterocycles. The van der Waals surface area contributed by atoms with Gasteiger partial charge in [-0.15, -0.1) is 5.10 Å². The van der Waals surface area contributed by atoms with Crippen molar-refractivity contribution in [3.8, 4) is 0 Å². The van der Waals surface area contributed by atoms with Crippen LogP contribution in [0.3, 0.4) is 0 Å². The standard InChI is InChI=1S/C12H17N5O2S/c1-10-9-11(13)3-4-12(10)20(18,19)15-5-2-7-17-8-6-14-16-17/h3-4,6,8-9,15H,2,5,7,13H2,1H3. The molecule has 1 heterocycles. The van der Waals surface area contributed by atoms with Crippen LogP contribution in [0.15, 0.2) is 35.5 Å². The second-order valence-corrected chi connectivity index (χ2v) is 6.18. The molecule has 0 aliphatic carbocycles. The van der Waals surface area contributed by atoms with Gasteiger partial charge in [0.05, 0.1) is 11.1 Å². The average molecular weight is 295 g/mol. The van der Waals surface area contributed by atoms with Crippen LogP contribution in [0.4, 0.5) is 5.69 Å². The van der Waals surface area contributed by atoms with Gasteiger partial charge in [-0.2, -0.15) is 0 Å². The van der Waals surface area contributed by atoms with Gasteiger partial charge < -0.3 is 5.73 Å². The summed E-state index contributed by atoms with van der Waals surface area (Å²) < 4.78 is 28.5. The van der Waals surface area contributed by atoms with Crippen molar-refractivity contribution in [2.75, 3.05) is 12.3 Å². The molecule has 0 bridgehead atoms. The summed E-state index contributed by atoms with van der Waals surface area (Å²) in [6.07, 6.45) is 3.96. The highest BCUT2D eigenvalue weighted by Crippen LogP contribution is 2.17. The molecule has 0 aliphatic rings. The number of sulfonamides is 1. The smallest absolute Gasteiger partial charge is 0.240 e. The molecule has 2 rings (SSSR count). The Morgan fingerprint density at radius 1 is 1.40 bits per heavy atom. The number of nitrogens with two attached hydrogens (primary N) is 1. The van der Waals surface area contributed by atoms with Crippen molar-refractivity contribution in [3.63, 3.8) is 0 Å². The van der Waals surface area contributed by atoms with Gasteiger partial charge in [-0.25, -0.2) is 13.1 Å². The van der Waals surface area contributed by atoms with E-state index in [2.05, 4.69) is 15.0 Å². The molecule has 0 spiro atoms. The quantitative estimate of drug-likeness (QED) is 0.598. The SMILES string of the molecule is Cc1cc(N)ccc1S(=O)(=O)NCCCn1ccnn1. The van der Waals surface area contributed by atoms with Gasteiger partial charge in [0.2, 0.25) is 10.0 Å². The molecule has 108 valence electrons. The largest absolute Gasteiger partial charge is 0.399 e. The summed E-state index contributed by atoms with van der Waals surface area (Å²) >= 11 is 0. The maximum absolute atomic E-state index is 12.1. The maximum Gasteiger partial charge on any atom is 0.240 e. The van der Waals surface area contributed by atoms with E-state index in [-0.39, 0.29) is 4.90 Å². The molecule has 0 amide bonds. The van der Waals surface area contributed by atoms with Gasteiger partial charge in [-0.05, 0) is 37.1 Å². The van der Waals surface area contributed by atoms with Gasteiger partial charge in [0, 0.05) is 25.0 Å². The lowest BCUT2D eigenvalue weighted by molar-refractivity contribution is 0.542. The van der Waals surface area contributed by atoms with E-state index >= 15 is 0 Å². The summed E-state index contributed by atoms with van der Waals surface area (Å²) in [6, 6.07) is 4.74. The van der Waals surface area contributed by atoms with Crippen LogP contribution in [0.25, 0.3) is 0 Å². The van der Waals surface area contributed by atoms with Crippen molar-refractivity contribution in [3.05, 3.63) is 36.2 Å². The van der Waals surface area contributed by atoms with E-state index in [1.165, 1.54) is 6.07 Å². The van der Waals surface area contributed by atoms with Crippen LogP contribution in [-0.4, -0.2) is 30.0 Å². The van der Waals surface area contributed by atoms with Gasteiger partial charge in [0.25, 0.3) is 0 Å². The molecular weight excluding hydrogens is 278 g/mol. The fourth-order valence-corrected chi connectivity index (χ4v) is 3.15. The molecule has 0 saturated carbocycles. The Kier molecular flexibility index (Phi) is 4.35. The van der Waals surface area contributed by atoms with Gasteiger partial charge in [0.1, 0.15) is 0 Å². The van der Waals surface area contributed by atoms with Crippen LogP contribution in [-0.2, 0) is 16.6 Å². The molecule has 0 fully saturated rings. The molecule has 0 radical (unpaired) electrons. The van der Waals surface area contributed by atoms with E-state index in [4.69, 9.17) is 5.73 Å². The minimum absolute atomic E-state index is 0.257. The number of anilines is 1. The number of hydrogen-bond acceptors (Lipinski definition) is 5. The lowest BCUT2D eigenvalue weighted by atomic mass is 10.2. The van der Waals surface area contributed by atoms with Crippen molar-refractivity contribution in [2.45, 2.75) is 24.8 Å². The average Bonchev–Trinajstić information content (AvgIpc) is 2.87. The van der Waals surface area contributed by atoms with Crippen molar-refractivity contribution in [1.82, 2.24) is 19.7 Å². The van der Waals surface area contributed by atoms with Crippen LogP contribution in [0.5, 0.6) is 0 Å². The zero-order valence-corrected chi connectivity index (χ0v) is 12.0. The highest BCUT2D eigenvalue weighted by molar-refractivity contribution is 7.89. The van der Waals surface area contributed by atoms with E-state index in [0.717, 1.165) is 0 Å². The minimum Gasteiger partial charge on any atom is -0.399 e. The number of rotatable bonds is 6. The molecule has 2 aromatic rings. The molecule has 8 heteroatoms. The predicted octanol–water partition coefficient (Wildman–Crippen LogP) is 0.537. The molecule has 3 N–H and O–H groups in total. The van der Waals surface area contributed by atoms with E-state index < -0.39 is 10.0 Å². The third-order valence-corrected chi connectivity index (χ3v) is 4.44. The van der Waals surface area contributed by atoms with E-state index in [9.17, 15) is 8.42 Å². The third-order valence-electron chi connectivity index (χ3n) is 2.82. The Hall–Kier alpha value is -1.93. The van der Waals surface area contributed by atoms with Crippen molar-refractivity contribution < 1.29 is 8.42 Å². The molecule has 0 atom stereocenters. The number of aromatic nitrogens is 3. The van der Waals surface area contributed by atoms with Gasteiger partial charge >= 0.3 is 0 Å². The summed E-state index contributed by atoms with van der Waals surface area (Å²) in [5.74, 6) is 0. The van der Waals surface area contributed by atoms with Gasteiger partial charge in [0.15, 0.2) is 0 Å². The van der Waals surface area contributed by atoms with Crippen LogP contribution in [0.1, 0.15) is 12.0 Å². The summed E-state index contributed by atoms with van der Waals surface area (Å²) in [5, 5.41) is 7.49. The molecule has 20 heavy (non-hydrogen) atoms. The minimum atomic E-state index is -3.50. The highest BCUT2D eigenvalue weighted by atomic mass is 32.2. The number of nitrogen functional groups attached to an aromatic ring is 1. The Balaban J connectivity index is 1.93. The number of benzene rings is 1. The maximum atomic E-state index is 12.1. The van der Waals surface area contributed by atoms with Gasteiger partial charge in [-0.1, -0.05) is 5.21 Å². The highest BCUT2D eigenvalue weighted by Gasteiger charge is 2.15. The monoisotopic (exact) mass is 295 g/mol. The Bertz CT molecular complexity index is 667. The summed E-state index contributed by atoms with van der Waals surface area (Å²) in [6.45, 7) is 2.68. The van der Waals surface area contributed by atoms with Crippen molar-refractivity contribution in [2.24, 2.45) is 0 Å². The Morgan fingerprint density at radius 3 is 2.85 bits per heavy atom. The zero-order valence-electron chi connectivity index (χ0n) is 11.2. The first-order chi connectivity index (χ1) is 9.49. The van der Waals surface area contributed by atoms with Crippen LogP contribution in [0.2, 0.25) is 0 Å². The first-order valence-corrected chi connectivity index (χ1v) is 7.67. The Morgan fingerprint density at radius 2 is 2.20 bits per heavy atom. The Labute approximate surface area is 117 Å². The first-order valence-electron chi connectivity index (χ1n) is 6.19. The molecule has 0 saturated heterocycles. The summed E-state index contributed by atoms with van der Waals surface area (Å²) in [5.41, 5.74) is 6.80. The summed E-state index contributed by atoms with van der Waals surface area (Å²) in [4.78, 5) is 0.257. The third kappa shape index (κ3) is 3.55. The van der Waals surface area contributed by atoms with Crippen molar-refractivity contribution >= 4 is 15.7 Å². The topological polar surface area (TPSA) is 103 Å². The molecular formula is C12H17N5O2S. The second kappa shape index (κ2) is 6.02. The van der Waals surface area contributed by atoms with E-state index in [1.807, 2.05) is 0 Å². The lowest BCUT2D eigenvalue weighted by Gasteiger charge is -2.09. The molecule has 0 unspecified atom stereocenters. The fraction of sp³-hybridized carbons (Fsp3) is 0.333. The number of nitrogens with zero attached hydrogens (tertiary/aromatic N) is 3. The van der Waals surface area contributed by atoms with E-state index in [1.54, 1.807) is 36.1 Å². The first kappa shape index (κ1) is 14.5. The van der Waals surface area contributed by atoms with Crippen LogP contribution < -0.4 is 10.5 Å². The predicted molar refractivity (Wildman–Crippen MR) is 75.4 cm³/mol. The lowest BCUT2D eigenvalue weighted by Crippen LogP contribution is -2.26. The normalized spacial score (nSPS) is 11.7.